The quantitative estimate of drug-likeness (QED) is 0.492. The van der Waals surface area contributed by atoms with Crippen LogP contribution in [0.5, 0.6) is 0 Å². The highest BCUT2D eigenvalue weighted by atomic mass is 16.4. The molecule has 0 bridgehead atoms. The van der Waals surface area contributed by atoms with Crippen molar-refractivity contribution in [3.8, 4) is 11.1 Å². The van der Waals surface area contributed by atoms with E-state index in [4.69, 9.17) is 13.9 Å². The summed E-state index contributed by atoms with van der Waals surface area (Å²) in [6.07, 6.45) is 2.17. The molecule has 0 saturated heterocycles. The lowest BCUT2D eigenvalue weighted by molar-refractivity contribution is -0.130. The number of aliphatic hydroxyl groups excluding tert-OH is 1. The first-order valence-electron chi connectivity index (χ1n) is 9.87. The number of furan rings is 1. The number of likely N-dealkylation sites (N-methyl/N-ethyl adjacent to an activating group) is 1. The molecule has 0 radical (unpaired) electrons. The Bertz CT molecular complexity index is 1270. The zero-order chi connectivity index (χ0) is 21.3. The molecule has 4 aromatic rings. The van der Waals surface area contributed by atoms with Crippen molar-refractivity contribution in [3.63, 3.8) is 0 Å². The lowest BCUT2D eigenvalue weighted by atomic mass is 9.99. The van der Waals surface area contributed by atoms with Crippen LogP contribution in [0.15, 0.2) is 62.4 Å². The van der Waals surface area contributed by atoms with Crippen LogP contribution in [0.4, 0.5) is 0 Å². The minimum atomic E-state index is -0.438. The zero-order valence-electron chi connectivity index (χ0n) is 17.0. The number of carbonyl (C=O) groups excluding carboxylic acids is 1. The summed E-state index contributed by atoms with van der Waals surface area (Å²) in [4.78, 5) is 26.2. The maximum atomic E-state index is 12.6. The van der Waals surface area contributed by atoms with Crippen LogP contribution < -0.4 is 5.63 Å². The van der Waals surface area contributed by atoms with E-state index in [0.29, 0.717) is 16.7 Å². The molecule has 2 aromatic heterocycles. The summed E-state index contributed by atoms with van der Waals surface area (Å²) in [5.41, 5.74) is 4.00. The molecule has 0 aliphatic heterocycles. The van der Waals surface area contributed by atoms with Gasteiger partial charge in [-0.05, 0) is 30.5 Å². The van der Waals surface area contributed by atoms with Gasteiger partial charge in [-0.25, -0.2) is 4.79 Å². The van der Waals surface area contributed by atoms with E-state index in [2.05, 4.69) is 0 Å². The lowest BCUT2D eigenvalue weighted by Crippen LogP contribution is -2.30. The van der Waals surface area contributed by atoms with E-state index >= 15 is 0 Å². The van der Waals surface area contributed by atoms with Crippen molar-refractivity contribution in [2.75, 3.05) is 20.2 Å². The fourth-order valence-corrected chi connectivity index (χ4v) is 3.74. The number of hydrogen-bond acceptors (Lipinski definition) is 5. The number of benzene rings is 2. The van der Waals surface area contributed by atoms with Gasteiger partial charge in [0, 0.05) is 48.0 Å². The van der Waals surface area contributed by atoms with Crippen molar-refractivity contribution in [3.05, 3.63) is 70.3 Å². The predicted molar refractivity (Wildman–Crippen MR) is 115 cm³/mol. The maximum absolute atomic E-state index is 12.6. The van der Waals surface area contributed by atoms with Crippen LogP contribution in [0.3, 0.4) is 0 Å². The Hall–Kier alpha value is -3.38. The van der Waals surface area contributed by atoms with Gasteiger partial charge < -0.3 is 18.8 Å². The largest absolute Gasteiger partial charge is 0.464 e. The van der Waals surface area contributed by atoms with Crippen molar-refractivity contribution in [2.45, 2.75) is 19.8 Å². The number of rotatable bonds is 6. The minimum Gasteiger partial charge on any atom is -0.464 e. The normalized spacial score (nSPS) is 11.3. The Labute approximate surface area is 173 Å². The molecule has 154 valence electrons. The van der Waals surface area contributed by atoms with Crippen molar-refractivity contribution >= 4 is 27.8 Å². The minimum absolute atomic E-state index is 0.0934. The Kier molecular flexibility index (Phi) is 5.42. The number of aryl methyl sites for hydroxylation is 1. The van der Waals surface area contributed by atoms with Gasteiger partial charge in [-0.1, -0.05) is 30.3 Å². The standard InChI is InChI=1S/C24H23NO5/c1-15-17(8-9-23(27)25(2)10-11-26)24(28)30-22-13-21-19(12-18(15)22)20(14-29-21)16-6-4-3-5-7-16/h3-7,12-14,26H,8-11H2,1-2H3. The molecule has 0 unspecified atom stereocenters. The van der Waals surface area contributed by atoms with Gasteiger partial charge in [0.05, 0.1) is 12.9 Å². The van der Waals surface area contributed by atoms with E-state index in [-0.39, 0.29) is 31.9 Å². The summed E-state index contributed by atoms with van der Waals surface area (Å²) in [7, 11) is 1.63. The van der Waals surface area contributed by atoms with E-state index in [0.717, 1.165) is 27.5 Å². The Balaban J connectivity index is 1.75. The summed E-state index contributed by atoms with van der Waals surface area (Å²) >= 11 is 0. The third kappa shape index (κ3) is 3.62. The number of aliphatic hydroxyl groups is 1. The van der Waals surface area contributed by atoms with Gasteiger partial charge in [0.15, 0.2) is 0 Å². The molecule has 6 nitrogen and oxygen atoms in total. The molecule has 0 spiro atoms. The molecule has 0 aliphatic carbocycles. The van der Waals surface area contributed by atoms with Crippen LogP contribution in [0.25, 0.3) is 33.1 Å². The molecule has 0 saturated carbocycles. The van der Waals surface area contributed by atoms with Gasteiger partial charge in [-0.3, -0.25) is 4.79 Å². The average molecular weight is 405 g/mol. The number of amides is 1. The van der Waals surface area contributed by atoms with Crippen molar-refractivity contribution in [1.82, 2.24) is 4.90 Å². The highest BCUT2D eigenvalue weighted by Crippen LogP contribution is 2.34. The van der Waals surface area contributed by atoms with Crippen LogP contribution in [-0.4, -0.2) is 36.1 Å². The molecule has 0 aliphatic rings. The topological polar surface area (TPSA) is 83.9 Å². The first-order valence-corrected chi connectivity index (χ1v) is 9.87. The van der Waals surface area contributed by atoms with Crippen molar-refractivity contribution in [1.29, 1.82) is 0 Å². The average Bonchev–Trinajstić information content (AvgIpc) is 3.16. The molecule has 2 aromatic carbocycles. The predicted octanol–water partition coefficient (Wildman–Crippen LogP) is 3.90. The Morgan fingerprint density at radius 1 is 1.10 bits per heavy atom. The van der Waals surface area contributed by atoms with Crippen LogP contribution in [-0.2, 0) is 11.2 Å². The molecule has 6 heteroatoms. The van der Waals surface area contributed by atoms with Crippen molar-refractivity contribution in [2.24, 2.45) is 0 Å². The highest BCUT2D eigenvalue weighted by molar-refractivity contribution is 6.02. The maximum Gasteiger partial charge on any atom is 0.339 e. The van der Waals surface area contributed by atoms with E-state index < -0.39 is 5.63 Å². The molecule has 1 N–H and O–H groups in total. The van der Waals surface area contributed by atoms with Crippen LogP contribution in [0.2, 0.25) is 0 Å². The summed E-state index contributed by atoms with van der Waals surface area (Å²) in [5, 5.41) is 10.8. The molecule has 30 heavy (non-hydrogen) atoms. The van der Waals surface area contributed by atoms with Crippen molar-refractivity contribution < 1.29 is 18.7 Å². The van der Waals surface area contributed by atoms with Gasteiger partial charge in [-0.2, -0.15) is 0 Å². The number of carbonyl (C=O) groups is 1. The number of fused-ring (bicyclic) bond motifs is 2. The second-order valence-electron chi connectivity index (χ2n) is 7.39. The third-order valence-electron chi connectivity index (χ3n) is 5.52. The van der Waals surface area contributed by atoms with Gasteiger partial charge in [-0.15, -0.1) is 0 Å². The second-order valence-corrected chi connectivity index (χ2v) is 7.39. The second kappa shape index (κ2) is 8.16. The molecular weight excluding hydrogens is 382 g/mol. The smallest absolute Gasteiger partial charge is 0.339 e. The first kappa shape index (κ1) is 19.9. The summed E-state index contributed by atoms with van der Waals surface area (Å²) < 4.78 is 11.3. The van der Waals surface area contributed by atoms with Gasteiger partial charge in [0.2, 0.25) is 5.91 Å². The molecular formula is C24H23NO5. The van der Waals surface area contributed by atoms with E-state index in [1.165, 1.54) is 4.90 Å². The summed E-state index contributed by atoms with van der Waals surface area (Å²) in [5.74, 6) is -0.125. The Morgan fingerprint density at radius 2 is 1.87 bits per heavy atom. The fraction of sp³-hybridized carbons (Fsp3) is 0.250. The third-order valence-corrected chi connectivity index (χ3v) is 5.52. The monoisotopic (exact) mass is 405 g/mol. The van der Waals surface area contributed by atoms with E-state index in [9.17, 15) is 9.59 Å². The van der Waals surface area contributed by atoms with E-state index in [1.807, 2.05) is 43.3 Å². The fourth-order valence-electron chi connectivity index (χ4n) is 3.74. The number of nitrogens with zero attached hydrogens (tertiary/aromatic N) is 1. The van der Waals surface area contributed by atoms with Gasteiger partial charge in [0.25, 0.3) is 0 Å². The van der Waals surface area contributed by atoms with Crippen LogP contribution in [0.1, 0.15) is 17.5 Å². The SMILES string of the molecule is Cc1c(CCC(=O)N(C)CCO)c(=O)oc2cc3occ(-c4ccccc4)c3cc12. The molecule has 4 rings (SSSR count). The zero-order valence-corrected chi connectivity index (χ0v) is 17.0. The lowest BCUT2D eigenvalue weighted by Gasteiger charge is -2.15. The van der Waals surface area contributed by atoms with Crippen LogP contribution in [0, 0.1) is 6.92 Å². The molecule has 1 amide bonds. The number of hydrogen-bond donors (Lipinski definition) is 1. The summed E-state index contributed by atoms with van der Waals surface area (Å²) in [6.45, 7) is 2.05. The molecule has 2 heterocycles. The van der Waals surface area contributed by atoms with Gasteiger partial charge >= 0.3 is 5.63 Å². The highest BCUT2D eigenvalue weighted by Gasteiger charge is 2.17. The molecule has 0 atom stereocenters. The summed E-state index contributed by atoms with van der Waals surface area (Å²) in [6, 6.07) is 13.7. The van der Waals surface area contributed by atoms with E-state index in [1.54, 1.807) is 19.4 Å². The molecule has 0 fully saturated rings. The van der Waals surface area contributed by atoms with Gasteiger partial charge in [0.1, 0.15) is 11.2 Å². The first-order chi connectivity index (χ1) is 14.5. The Morgan fingerprint density at radius 3 is 2.60 bits per heavy atom. The van der Waals surface area contributed by atoms with Crippen LogP contribution >= 0.6 is 0 Å².